The first kappa shape index (κ1) is 18.2. The van der Waals surface area contributed by atoms with Crippen LogP contribution in [0.1, 0.15) is 77.2 Å². The summed E-state index contributed by atoms with van der Waals surface area (Å²) < 4.78 is 5.29. The van der Waals surface area contributed by atoms with Crippen molar-refractivity contribution in [3.63, 3.8) is 0 Å². The van der Waals surface area contributed by atoms with Crippen molar-refractivity contribution < 1.29 is 19.7 Å². The largest absolute Gasteiger partial charge is 0.472 e. The van der Waals surface area contributed by atoms with Crippen LogP contribution in [0.25, 0.3) is 0 Å². The van der Waals surface area contributed by atoms with Crippen LogP contribution in [0.15, 0.2) is 23.0 Å². The van der Waals surface area contributed by atoms with Crippen molar-refractivity contribution in [1.29, 1.82) is 0 Å². The van der Waals surface area contributed by atoms with Crippen molar-refractivity contribution >= 4 is 0 Å². The van der Waals surface area contributed by atoms with Crippen LogP contribution in [-0.4, -0.2) is 27.0 Å². The molecule has 0 aliphatic heterocycles. The van der Waals surface area contributed by atoms with Gasteiger partial charge >= 0.3 is 0 Å². The Morgan fingerprint density at radius 2 is 1.78 bits per heavy atom. The molecule has 0 unspecified atom stereocenters. The smallest absolute Gasteiger partial charge is 0.101 e. The third-order valence-electron chi connectivity index (χ3n) is 9.97. The number of furan rings is 1. The summed E-state index contributed by atoms with van der Waals surface area (Å²) in [5.41, 5.74) is -1.34. The van der Waals surface area contributed by atoms with E-state index in [4.69, 9.17) is 4.42 Å². The number of hydrogen-bond donors (Lipinski definition) is 3. The Hall–Kier alpha value is -0.840. The number of aliphatic hydroxyl groups is 3. The maximum Gasteiger partial charge on any atom is 0.101 e. The van der Waals surface area contributed by atoms with E-state index >= 15 is 0 Å². The van der Waals surface area contributed by atoms with Gasteiger partial charge in [-0.2, -0.15) is 0 Å². The molecule has 0 radical (unpaired) electrons. The first-order chi connectivity index (χ1) is 12.7. The second kappa shape index (κ2) is 5.61. The fourth-order valence-corrected chi connectivity index (χ4v) is 8.18. The Balaban J connectivity index is 1.52. The predicted molar refractivity (Wildman–Crippen MR) is 102 cm³/mol. The molecular weight excluding hydrogens is 340 g/mol. The van der Waals surface area contributed by atoms with E-state index in [1.165, 1.54) is 0 Å². The molecule has 4 fully saturated rings. The first-order valence-corrected chi connectivity index (χ1v) is 10.9. The molecule has 4 aliphatic carbocycles. The van der Waals surface area contributed by atoms with Gasteiger partial charge in [0.05, 0.1) is 24.2 Å². The molecule has 0 spiro atoms. The molecule has 1 aromatic rings. The van der Waals surface area contributed by atoms with Gasteiger partial charge in [0, 0.05) is 11.0 Å². The number of fused-ring (bicyclic) bond motifs is 5. The normalized spacial score (nSPS) is 54.9. The Labute approximate surface area is 162 Å². The number of rotatable bonds is 1. The number of hydrogen-bond acceptors (Lipinski definition) is 4. The van der Waals surface area contributed by atoms with Crippen LogP contribution in [0, 0.1) is 28.6 Å². The Morgan fingerprint density at radius 1 is 0.963 bits per heavy atom. The van der Waals surface area contributed by atoms with E-state index in [1.807, 2.05) is 6.07 Å². The second-order valence-corrected chi connectivity index (χ2v) is 10.6. The lowest BCUT2D eigenvalue weighted by Crippen LogP contribution is -2.64. The number of aliphatic hydroxyl groups excluding tert-OH is 1. The molecule has 5 rings (SSSR count). The van der Waals surface area contributed by atoms with E-state index in [1.54, 1.807) is 12.5 Å². The van der Waals surface area contributed by atoms with Gasteiger partial charge in [0.2, 0.25) is 0 Å². The highest BCUT2D eigenvalue weighted by molar-refractivity contribution is 5.30. The summed E-state index contributed by atoms with van der Waals surface area (Å²) in [6, 6.07) is 1.86. The van der Waals surface area contributed by atoms with Gasteiger partial charge < -0.3 is 19.7 Å². The average Bonchev–Trinajstić information content (AvgIpc) is 3.24. The summed E-state index contributed by atoms with van der Waals surface area (Å²) >= 11 is 0. The molecule has 3 N–H and O–H groups in total. The minimum atomic E-state index is -1.01. The van der Waals surface area contributed by atoms with Gasteiger partial charge in [-0.05, 0) is 87.0 Å². The minimum Gasteiger partial charge on any atom is -0.472 e. The maximum atomic E-state index is 12.1. The summed E-state index contributed by atoms with van der Waals surface area (Å²) in [5, 5.41) is 34.0. The summed E-state index contributed by atoms with van der Waals surface area (Å²) in [7, 11) is 0. The molecule has 150 valence electrons. The van der Waals surface area contributed by atoms with E-state index in [-0.39, 0.29) is 17.4 Å². The molecule has 0 saturated heterocycles. The summed E-state index contributed by atoms with van der Waals surface area (Å²) in [4.78, 5) is 0. The molecule has 0 amide bonds. The molecule has 1 aromatic heterocycles. The Bertz CT molecular complexity index is 716. The monoisotopic (exact) mass is 374 g/mol. The van der Waals surface area contributed by atoms with Crippen molar-refractivity contribution in [2.75, 3.05) is 0 Å². The SMILES string of the molecule is C[C@]12CC[C@H](O)C[C@@H]1CC[C@@H]1[C@@H]2CC[C@]2(C)[C@@](O)(c3ccoc3)CC[C@]12O. The van der Waals surface area contributed by atoms with E-state index in [0.29, 0.717) is 24.7 Å². The highest BCUT2D eigenvalue weighted by Crippen LogP contribution is 2.71. The standard InChI is InChI=1S/C23H34O4/c1-20-8-5-17(24)13-15(20)3-4-19-18(20)6-9-21(2)22(25,10-11-23(19,21)26)16-7-12-27-14-16/h7,12,14-15,17-19,24-26H,3-6,8-11,13H2,1-2H3/t15-,17-,18-,19+,20-,21+,22-,23-/m0/s1. The van der Waals surface area contributed by atoms with E-state index in [9.17, 15) is 15.3 Å². The zero-order chi connectivity index (χ0) is 19.1. The van der Waals surface area contributed by atoms with Crippen molar-refractivity contribution in [2.45, 2.75) is 88.9 Å². The van der Waals surface area contributed by atoms with Gasteiger partial charge in [-0.3, -0.25) is 0 Å². The molecule has 4 aliphatic rings. The van der Waals surface area contributed by atoms with Gasteiger partial charge in [0.1, 0.15) is 5.60 Å². The summed E-state index contributed by atoms with van der Waals surface area (Å²) in [6.45, 7) is 4.53. The van der Waals surface area contributed by atoms with Crippen molar-refractivity contribution in [3.8, 4) is 0 Å². The van der Waals surface area contributed by atoms with Crippen LogP contribution in [0.3, 0.4) is 0 Å². The van der Waals surface area contributed by atoms with Gasteiger partial charge in [0.25, 0.3) is 0 Å². The third kappa shape index (κ3) is 2.10. The van der Waals surface area contributed by atoms with Crippen LogP contribution < -0.4 is 0 Å². The Morgan fingerprint density at radius 3 is 2.52 bits per heavy atom. The zero-order valence-electron chi connectivity index (χ0n) is 16.7. The molecular formula is C23H34O4. The van der Waals surface area contributed by atoms with Gasteiger partial charge in [0.15, 0.2) is 0 Å². The highest BCUT2D eigenvalue weighted by atomic mass is 16.3. The van der Waals surface area contributed by atoms with E-state index in [2.05, 4.69) is 13.8 Å². The second-order valence-electron chi connectivity index (χ2n) is 10.6. The van der Waals surface area contributed by atoms with Crippen LogP contribution in [0.4, 0.5) is 0 Å². The van der Waals surface area contributed by atoms with Crippen LogP contribution in [-0.2, 0) is 5.60 Å². The van der Waals surface area contributed by atoms with Crippen molar-refractivity contribution in [2.24, 2.45) is 28.6 Å². The van der Waals surface area contributed by atoms with E-state index < -0.39 is 16.6 Å². The third-order valence-corrected chi connectivity index (χ3v) is 9.97. The molecule has 27 heavy (non-hydrogen) atoms. The lowest BCUT2D eigenvalue weighted by Gasteiger charge is -2.64. The lowest BCUT2D eigenvalue weighted by atomic mass is 9.43. The molecule has 1 heterocycles. The molecule has 8 atom stereocenters. The van der Waals surface area contributed by atoms with Gasteiger partial charge in [-0.15, -0.1) is 0 Å². The van der Waals surface area contributed by atoms with Crippen molar-refractivity contribution in [1.82, 2.24) is 0 Å². The fraction of sp³-hybridized carbons (Fsp3) is 0.826. The maximum absolute atomic E-state index is 12.1. The molecule has 0 bridgehead atoms. The summed E-state index contributed by atoms with van der Waals surface area (Å²) in [5.74, 6) is 1.31. The molecule has 4 heteroatoms. The minimum absolute atomic E-state index is 0.144. The average molecular weight is 375 g/mol. The van der Waals surface area contributed by atoms with Crippen LogP contribution in [0.5, 0.6) is 0 Å². The van der Waals surface area contributed by atoms with Crippen LogP contribution >= 0.6 is 0 Å². The first-order valence-electron chi connectivity index (χ1n) is 10.9. The predicted octanol–water partition coefficient (Wildman–Crippen LogP) is 3.99. The fourth-order valence-electron chi connectivity index (χ4n) is 8.18. The zero-order valence-corrected chi connectivity index (χ0v) is 16.7. The molecule has 4 nitrogen and oxygen atoms in total. The van der Waals surface area contributed by atoms with Gasteiger partial charge in [-0.1, -0.05) is 13.8 Å². The molecule has 0 aromatic carbocycles. The Kier molecular flexibility index (Phi) is 3.78. The topological polar surface area (TPSA) is 73.8 Å². The van der Waals surface area contributed by atoms with Crippen molar-refractivity contribution in [3.05, 3.63) is 24.2 Å². The quantitative estimate of drug-likeness (QED) is 0.695. The van der Waals surface area contributed by atoms with Gasteiger partial charge in [-0.25, -0.2) is 0 Å². The van der Waals surface area contributed by atoms with Crippen LogP contribution in [0.2, 0.25) is 0 Å². The van der Waals surface area contributed by atoms with E-state index in [0.717, 1.165) is 50.5 Å². The lowest BCUT2D eigenvalue weighted by molar-refractivity contribution is -0.238. The molecule has 4 saturated carbocycles. The highest BCUT2D eigenvalue weighted by Gasteiger charge is 2.72. The summed E-state index contributed by atoms with van der Waals surface area (Å²) in [6.07, 6.45) is 11.3.